The van der Waals surface area contributed by atoms with E-state index in [0.29, 0.717) is 24.9 Å². The number of hydrogen-bond acceptors (Lipinski definition) is 4. The predicted octanol–water partition coefficient (Wildman–Crippen LogP) is 1.00. The van der Waals surface area contributed by atoms with Gasteiger partial charge in [0.2, 0.25) is 5.91 Å². The van der Waals surface area contributed by atoms with Crippen LogP contribution in [0.1, 0.15) is 24.4 Å². The number of amides is 1. The van der Waals surface area contributed by atoms with E-state index in [0.717, 1.165) is 31.8 Å². The second kappa shape index (κ2) is 6.03. The first-order chi connectivity index (χ1) is 10.2. The number of carbonyl (C=O) groups excluding carboxylic acids is 1. The Morgan fingerprint density at radius 2 is 2.29 bits per heavy atom. The van der Waals surface area contributed by atoms with Crippen LogP contribution in [0.5, 0.6) is 5.75 Å². The van der Waals surface area contributed by atoms with Gasteiger partial charge in [-0.05, 0) is 24.1 Å². The molecule has 2 fully saturated rings. The van der Waals surface area contributed by atoms with Gasteiger partial charge < -0.3 is 15.4 Å². The van der Waals surface area contributed by atoms with Gasteiger partial charge in [-0.2, -0.15) is 0 Å². The van der Waals surface area contributed by atoms with Crippen LogP contribution in [0, 0.1) is 0 Å². The molecule has 0 radical (unpaired) electrons. The molecule has 3 rings (SSSR count). The first kappa shape index (κ1) is 14.4. The van der Waals surface area contributed by atoms with Gasteiger partial charge in [0.15, 0.2) is 0 Å². The highest BCUT2D eigenvalue weighted by molar-refractivity contribution is 5.78. The fourth-order valence-corrected chi connectivity index (χ4v) is 3.52. The molecule has 5 nitrogen and oxygen atoms in total. The van der Waals surface area contributed by atoms with Crippen LogP contribution in [0.3, 0.4) is 0 Å². The maximum atomic E-state index is 11.8. The Balaban J connectivity index is 1.76. The zero-order valence-corrected chi connectivity index (χ0v) is 12.5. The van der Waals surface area contributed by atoms with Gasteiger partial charge in [0, 0.05) is 44.7 Å². The lowest BCUT2D eigenvalue weighted by Gasteiger charge is -2.41. The van der Waals surface area contributed by atoms with E-state index in [2.05, 4.69) is 17.0 Å². The van der Waals surface area contributed by atoms with E-state index in [1.165, 1.54) is 5.56 Å². The molecular formula is C16H23N3O2. The summed E-state index contributed by atoms with van der Waals surface area (Å²) >= 11 is 0. The Morgan fingerprint density at radius 1 is 1.43 bits per heavy atom. The first-order valence-electron chi connectivity index (χ1n) is 7.60. The number of carbonyl (C=O) groups is 1. The number of hydrogen-bond donors (Lipinski definition) is 1. The Hall–Kier alpha value is -1.59. The summed E-state index contributed by atoms with van der Waals surface area (Å²) in [6, 6.07) is 8.68. The largest absolute Gasteiger partial charge is 0.497 e. The number of ether oxygens (including phenoxy) is 1. The fourth-order valence-electron chi connectivity index (χ4n) is 3.52. The van der Waals surface area contributed by atoms with Gasteiger partial charge in [-0.25, -0.2) is 0 Å². The van der Waals surface area contributed by atoms with E-state index in [-0.39, 0.29) is 6.04 Å². The molecule has 2 saturated heterocycles. The van der Waals surface area contributed by atoms with Gasteiger partial charge in [-0.3, -0.25) is 9.69 Å². The molecular weight excluding hydrogens is 266 g/mol. The van der Waals surface area contributed by atoms with Gasteiger partial charge >= 0.3 is 0 Å². The number of fused-ring (bicyclic) bond motifs is 1. The van der Waals surface area contributed by atoms with E-state index >= 15 is 0 Å². The van der Waals surface area contributed by atoms with Gasteiger partial charge in [0.1, 0.15) is 5.75 Å². The molecule has 114 valence electrons. The summed E-state index contributed by atoms with van der Waals surface area (Å²) in [7, 11) is 1.68. The molecule has 2 atom stereocenters. The van der Waals surface area contributed by atoms with E-state index in [4.69, 9.17) is 10.5 Å². The molecule has 2 aliphatic rings. The van der Waals surface area contributed by atoms with E-state index in [1.807, 2.05) is 17.0 Å². The Bertz CT molecular complexity index is 520. The second-order valence-corrected chi connectivity index (χ2v) is 5.80. The highest BCUT2D eigenvalue weighted by Gasteiger charge is 2.37. The average Bonchev–Trinajstić information content (AvgIpc) is 2.89. The van der Waals surface area contributed by atoms with Crippen molar-refractivity contribution in [1.82, 2.24) is 9.80 Å². The third-order valence-corrected chi connectivity index (χ3v) is 4.67. The van der Waals surface area contributed by atoms with E-state index in [9.17, 15) is 4.79 Å². The number of piperazine rings is 1. The van der Waals surface area contributed by atoms with Gasteiger partial charge in [0.25, 0.3) is 0 Å². The van der Waals surface area contributed by atoms with Crippen LogP contribution >= 0.6 is 0 Å². The summed E-state index contributed by atoms with van der Waals surface area (Å²) < 4.78 is 5.31. The van der Waals surface area contributed by atoms with Crippen LogP contribution < -0.4 is 10.5 Å². The summed E-state index contributed by atoms with van der Waals surface area (Å²) in [4.78, 5) is 16.2. The lowest BCUT2D eigenvalue weighted by Crippen LogP contribution is -2.53. The van der Waals surface area contributed by atoms with Crippen molar-refractivity contribution < 1.29 is 9.53 Å². The standard InChI is InChI=1S/C16H23N3O2/c1-21-14-4-2-3-12(9-14)15(10-17)18-7-8-19-13(11-18)5-6-16(19)20/h2-4,9,13,15H,5-8,10-11,17H2,1H3. The number of rotatable bonds is 4. The van der Waals surface area contributed by atoms with Crippen LogP contribution in [-0.2, 0) is 4.79 Å². The Labute approximate surface area is 125 Å². The zero-order chi connectivity index (χ0) is 14.8. The number of methoxy groups -OCH3 is 1. The van der Waals surface area contributed by atoms with Crippen LogP contribution in [0.15, 0.2) is 24.3 Å². The van der Waals surface area contributed by atoms with Crippen molar-refractivity contribution in [3.63, 3.8) is 0 Å². The summed E-state index contributed by atoms with van der Waals surface area (Å²) in [5, 5.41) is 0. The molecule has 1 amide bonds. The highest BCUT2D eigenvalue weighted by atomic mass is 16.5. The first-order valence-corrected chi connectivity index (χ1v) is 7.60. The fraction of sp³-hybridized carbons (Fsp3) is 0.562. The van der Waals surface area contributed by atoms with Crippen LogP contribution in [-0.4, -0.2) is 55.0 Å². The highest BCUT2D eigenvalue weighted by Crippen LogP contribution is 2.29. The monoisotopic (exact) mass is 289 g/mol. The maximum Gasteiger partial charge on any atom is 0.222 e. The molecule has 0 aliphatic carbocycles. The number of nitrogens with zero attached hydrogens (tertiary/aromatic N) is 2. The topological polar surface area (TPSA) is 58.8 Å². The second-order valence-electron chi connectivity index (χ2n) is 5.80. The third kappa shape index (κ3) is 2.76. The predicted molar refractivity (Wildman–Crippen MR) is 81.1 cm³/mol. The van der Waals surface area contributed by atoms with Crippen molar-refractivity contribution in [1.29, 1.82) is 0 Å². The molecule has 5 heteroatoms. The lowest BCUT2D eigenvalue weighted by molar-refractivity contribution is -0.131. The molecule has 0 spiro atoms. The van der Waals surface area contributed by atoms with Crippen LogP contribution in [0.4, 0.5) is 0 Å². The smallest absolute Gasteiger partial charge is 0.222 e. The quantitative estimate of drug-likeness (QED) is 0.898. The van der Waals surface area contributed by atoms with Crippen molar-refractivity contribution >= 4 is 5.91 Å². The van der Waals surface area contributed by atoms with Crippen molar-refractivity contribution in [2.45, 2.75) is 24.9 Å². The molecule has 0 saturated carbocycles. The van der Waals surface area contributed by atoms with Crippen molar-refractivity contribution in [2.24, 2.45) is 5.73 Å². The molecule has 2 unspecified atom stereocenters. The zero-order valence-electron chi connectivity index (χ0n) is 12.5. The summed E-state index contributed by atoms with van der Waals surface area (Å²) in [6.07, 6.45) is 1.68. The minimum absolute atomic E-state index is 0.193. The number of benzene rings is 1. The minimum Gasteiger partial charge on any atom is -0.497 e. The molecule has 0 bridgehead atoms. The Kier molecular flexibility index (Phi) is 4.12. The summed E-state index contributed by atoms with van der Waals surface area (Å²) in [6.45, 7) is 3.21. The molecule has 21 heavy (non-hydrogen) atoms. The molecule has 2 heterocycles. The van der Waals surface area contributed by atoms with E-state index in [1.54, 1.807) is 7.11 Å². The minimum atomic E-state index is 0.193. The van der Waals surface area contributed by atoms with Crippen LogP contribution in [0.25, 0.3) is 0 Å². The van der Waals surface area contributed by atoms with Crippen molar-refractivity contribution in [3.8, 4) is 5.75 Å². The molecule has 0 aromatic heterocycles. The molecule has 2 aliphatic heterocycles. The molecule has 2 N–H and O–H groups in total. The normalized spacial score (nSPS) is 24.0. The van der Waals surface area contributed by atoms with Crippen molar-refractivity contribution in [2.75, 3.05) is 33.3 Å². The Morgan fingerprint density at radius 3 is 3.05 bits per heavy atom. The van der Waals surface area contributed by atoms with Crippen molar-refractivity contribution in [3.05, 3.63) is 29.8 Å². The van der Waals surface area contributed by atoms with Gasteiger partial charge in [-0.1, -0.05) is 12.1 Å². The van der Waals surface area contributed by atoms with E-state index < -0.39 is 0 Å². The SMILES string of the molecule is COc1cccc(C(CN)N2CCN3C(=O)CCC3C2)c1. The van der Waals surface area contributed by atoms with Crippen LogP contribution in [0.2, 0.25) is 0 Å². The molecule has 1 aromatic carbocycles. The summed E-state index contributed by atoms with van der Waals surface area (Å²) in [5.41, 5.74) is 7.22. The number of nitrogens with two attached hydrogens (primary N) is 1. The third-order valence-electron chi connectivity index (χ3n) is 4.67. The maximum absolute atomic E-state index is 11.8. The average molecular weight is 289 g/mol. The summed E-state index contributed by atoms with van der Waals surface area (Å²) in [5.74, 6) is 1.17. The molecule has 1 aromatic rings. The van der Waals surface area contributed by atoms with Gasteiger partial charge in [0.05, 0.1) is 7.11 Å². The lowest BCUT2D eigenvalue weighted by atomic mass is 10.0. The van der Waals surface area contributed by atoms with Gasteiger partial charge in [-0.15, -0.1) is 0 Å².